The van der Waals surface area contributed by atoms with Crippen molar-refractivity contribution in [3.8, 4) is 0 Å². The van der Waals surface area contributed by atoms with E-state index in [2.05, 4.69) is 17.1 Å². The second-order valence-corrected chi connectivity index (χ2v) is 4.98. The van der Waals surface area contributed by atoms with Crippen LogP contribution in [0.3, 0.4) is 0 Å². The van der Waals surface area contributed by atoms with Gasteiger partial charge in [-0.05, 0) is 46.7 Å². The van der Waals surface area contributed by atoms with Crippen molar-refractivity contribution < 1.29 is 9.53 Å². The van der Waals surface area contributed by atoms with Gasteiger partial charge in [-0.1, -0.05) is 6.92 Å². The number of hydrogen-bond acceptors (Lipinski definition) is 4. The highest BCUT2D eigenvalue weighted by molar-refractivity contribution is 5.80. The monoisotopic (exact) mass is 242 g/mol. The fourth-order valence-electron chi connectivity index (χ4n) is 2.51. The first-order valence-electron chi connectivity index (χ1n) is 6.67. The molecule has 17 heavy (non-hydrogen) atoms. The van der Waals surface area contributed by atoms with Crippen LogP contribution in [0.2, 0.25) is 0 Å². The van der Waals surface area contributed by atoms with E-state index in [1.54, 1.807) is 0 Å². The summed E-state index contributed by atoms with van der Waals surface area (Å²) in [6.07, 6.45) is 3.64. The molecule has 4 nitrogen and oxygen atoms in total. The molecule has 1 aliphatic heterocycles. The van der Waals surface area contributed by atoms with Crippen LogP contribution >= 0.6 is 0 Å². The number of likely N-dealkylation sites (N-methyl/N-ethyl adjacent to an activating group) is 1. The number of hydrogen-bond donors (Lipinski definition) is 1. The number of nitrogens with one attached hydrogen (secondary N) is 1. The molecule has 0 aromatic heterocycles. The molecule has 0 amide bonds. The highest BCUT2D eigenvalue weighted by Gasteiger charge is 2.37. The normalized spacial score (nSPS) is 24.6. The first-order chi connectivity index (χ1) is 8.07. The minimum absolute atomic E-state index is 0.149. The molecule has 1 fully saturated rings. The standard InChI is InChI=1S/C13H26N2O2/c1-5-11-8-7-9-15(11)10-13(3,14-4)12(16)17-6-2/h11,14H,5-10H2,1-4H3. The lowest BCUT2D eigenvalue weighted by Gasteiger charge is -2.34. The van der Waals surface area contributed by atoms with Crippen molar-refractivity contribution in [1.29, 1.82) is 0 Å². The van der Waals surface area contributed by atoms with Gasteiger partial charge < -0.3 is 10.1 Å². The van der Waals surface area contributed by atoms with Gasteiger partial charge in [-0.3, -0.25) is 9.69 Å². The van der Waals surface area contributed by atoms with Crippen LogP contribution in [-0.2, 0) is 9.53 Å². The molecule has 0 saturated carbocycles. The van der Waals surface area contributed by atoms with Gasteiger partial charge in [0, 0.05) is 12.6 Å². The van der Waals surface area contributed by atoms with E-state index < -0.39 is 5.54 Å². The van der Waals surface area contributed by atoms with E-state index in [1.807, 2.05) is 20.9 Å². The van der Waals surface area contributed by atoms with Gasteiger partial charge in [0.1, 0.15) is 5.54 Å². The van der Waals surface area contributed by atoms with Gasteiger partial charge in [0.2, 0.25) is 0 Å². The van der Waals surface area contributed by atoms with Crippen LogP contribution in [-0.4, -0.2) is 49.2 Å². The van der Waals surface area contributed by atoms with E-state index in [-0.39, 0.29) is 5.97 Å². The molecule has 1 N–H and O–H groups in total. The summed E-state index contributed by atoms with van der Waals surface area (Å²) in [5.74, 6) is -0.149. The van der Waals surface area contributed by atoms with Crippen molar-refractivity contribution in [2.75, 3.05) is 26.7 Å². The Morgan fingerprint density at radius 3 is 2.76 bits per heavy atom. The van der Waals surface area contributed by atoms with Crippen molar-refractivity contribution >= 4 is 5.97 Å². The predicted molar refractivity (Wildman–Crippen MR) is 69.0 cm³/mol. The maximum Gasteiger partial charge on any atom is 0.327 e. The van der Waals surface area contributed by atoms with Gasteiger partial charge in [-0.2, -0.15) is 0 Å². The van der Waals surface area contributed by atoms with Crippen molar-refractivity contribution in [2.24, 2.45) is 0 Å². The first-order valence-corrected chi connectivity index (χ1v) is 6.67. The molecular formula is C13H26N2O2. The highest BCUT2D eigenvalue weighted by Crippen LogP contribution is 2.22. The molecule has 0 aromatic rings. The Kier molecular flexibility index (Phi) is 5.40. The van der Waals surface area contributed by atoms with Gasteiger partial charge in [0.15, 0.2) is 0 Å². The van der Waals surface area contributed by atoms with E-state index in [4.69, 9.17) is 4.74 Å². The third-order valence-electron chi connectivity index (χ3n) is 3.77. The van der Waals surface area contributed by atoms with Crippen LogP contribution < -0.4 is 5.32 Å². The van der Waals surface area contributed by atoms with E-state index in [1.165, 1.54) is 12.8 Å². The van der Waals surface area contributed by atoms with Crippen LogP contribution in [0.25, 0.3) is 0 Å². The summed E-state index contributed by atoms with van der Waals surface area (Å²) >= 11 is 0. The molecule has 0 radical (unpaired) electrons. The Bertz CT molecular complexity index is 258. The molecule has 4 heteroatoms. The minimum Gasteiger partial charge on any atom is -0.465 e. The molecule has 1 rings (SSSR count). The quantitative estimate of drug-likeness (QED) is 0.715. The second kappa shape index (κ2) is 6.36. The number of nitrogens with zero attached hydrogens (tertiary/aromatic N) is 1. The van der Waals surface area contributed by atoms with Gasteiger partial charge in [0.25, 0.3) is 0 Å². The predicted octanol–water partition coefficient (Wildman–Crippen LogP) is 1.40. The van der Waals surface area contributed by atoms with Crippen molar-refractivity contribution in [3.05, 3.63) is 0 Å². The Morgan fingerprint density at radius 2 is 2.24 bits per heavy atom. The number of esters is 1. The number of ether oxygens (including phenoxy) is 1. The molecule has 1 saturated heterocycles. The molecular weight excluding hydrogens is 216 g/mol. The van der Waals surface area contributed by atoms with Gasteiger partial charge in [-0.25, -0.2) is 0 Å². The zero-order valence-electron chi connectivity index (χ0n) is 11.6. The highest BCUT2D eigenvalue weighted by atomic mass is 16.5. The first kappa shape index (κ1) is 14.5. The summed E-state index contributed by atoms with van der Waals surface area (Å²) in [6.45, 7) is 8.25. The average Bonchev–Trinajstić information content (AvgIpc) is 2.76. The number of carbonyl (C=O) groups excluding carboxylic acids is 1. The van der Waals surface area contributed by atoms with Gasteiger partial charge >= 0.3 is 5.97 Å². The Labute approximate surface area is 105 Å². The summed E-state index contributed by atoms with van der Waals surface area (Å²) in [6, 6.07) is 0.622. The Morgan fingerprint density at radius 1 is 1.53 bits per heavy atom. The third-order valence-corrected chi connectivity index (χ3v) is 3.77. The summed E-state index contributed by atoms with van der Waals surface area (Å²) < 4.78 is 5.15. The molecule has 0 aromatic carbocycles. The van der Waals surface area contributed by atoms with Crippen LogP contribution in [0.1, 0.15) is 40.0 Å². The smallest absolute Gasteiger partial charge is 0.327 e. The minimum atomic E-state index is -0.590. The number of carbonyl (C=O) groups is 1. The maximum atomic E-state index is 12.0. The van der Waals surface area contributed by atoms with E-state index in [0.717, 1.165) is 19.5 Å². The van der Waals surface area contributed by atoms with E-state index in [0.29, 0.717) is 12.6 Å². The molecule has 0 spiro atoms. The maximum absolute atomic E-state index is 12.0. The summed E-state index contributed by atoms with van der Waals surface area (Å²) in [7, 11) is 1.83. The fraction of sp³-hybridized carbons (Fsp3) is 0.923. The average molecular weight is 242 g/mol. The van der Waals surface area contributed by atoms with Crippen LogP contribution in [0.15, 0.2) is 0 Å². The molecule has 2 unspecified atom stereocenters. The summed E-state index contributed by atoms with van der Waals surface area (Å²) in [5, 5.41) is 3.12. The summed E-state index contributed by atoms with van der Waals surface area (Å²) in [5.41, 5.74) is -0.590. The summed E-state index contributed by atoms with van der Waals surface area (Å²) in [4.78, 5) is 14.4. The lowest BCUT2D eigenvalue weighted by molar-refractivity contribution is -0.151. The largest absolute Gasteiger partial charge is 0.465 e. The van der Waals surface area contributed by atoms with E-state index >= 15 is 0 Å². The number of likely N-dealkylation sites (tertiary alicyclic amines) is 1. The Balaban J connectivity index is 2.64. The fourth-order valence-corrected chi connectivity index (χ4v) is 2.51. The van der Waals surface area contributed by atoms with Crippen LogP contribution in [0, 0.1) is 0 Å². The van der Waals surface area contributed by atoms with Crippen molar-refractivity contribution in [2.45, 2.75) is 51.6 Å². The van der Waals surface area contributed by atoms with E-state index in [9.17, 15) is 4.79 Å². The zero-order valence-corrected chi connectivity index (χ0v) is 11.6. The molecule has 2 atom stereocenters. The lowest BCUT2D eigenvalue weighted by atomic mass is 10.0. The molecule has 0 bridgehead atoms. The number of rotatable bonds is 6. The molecule has 0 aliphatic carbocycles. The second-order valence-electron chi connectivity index (χ2n) is 4.98. The topological polar surface area (TPSA) is 41.6 Å². The van der Waals surface area contributed by atoms with Crippen LogP contribution in [0.5, 0.6) is 0 Å². The molecule has 100 valence electrons. The van der Waals surface area contributed by atoms with Gasteiger partial charge in [-0.15, -0.1) is 0 Å². The SMILES string of the molecule is CCOC(=O)C(C)(CN1CCCC1CC)NC. The third kappa shape index (κ3) is 3.42. The molecule has 1 aliphatic rings. The van der Waals surface area contributed by atoms with Crippen molar-refractivity contribution in [1.82, 2.24) is 10.2 Å². The Hall–Kier alpha value is -0.610. The molecule has 1 heterocycles. The van der Waals surface area contributed by atoms with Crippen molar-refractivity contribution in [3.63, 3.8) is 0 Å². The van der Waals surface area contributed by atoms with Gasteiger partial charge in [0.05, 0.1) is 6.61 Å². The zero-order chi connectivity index (χ0) is 12.9. The van der Waals surface area contributed by atoms with Crippen LogP contribution in [0.4, 0.5) is 0 Å². The lowest BCUT2D eigenvalue weighted by Crippen LogP contribution is -2.57.